The van der Waals surface area contributed by atoms with Crippen LogP contribution in [0.1, 0.15) is 25.0 Å². The zero-order valence-electron chi connectivity index (χ0n) is 22.2. The van der Waals surface area contributed by atoms with Crippen LogP contribution in [-0.2, 0) is 0 Å². The number of benzene rings is 4. The molecule has 0 radical (unpaired) electrons. The Labute approximate surface area is 226 Å². The number of likely N-dealkylation sites (N-methyl/N-ethyl adjacent to an activating group) is 1. The average Bonchev–Trinajstić information content (AvgIpc) is 3.51. The van der Waals surface area contributed by atoms with Gasteiger partial charge in [0.2, 0.25) is 0 Å². The molecule has 1 N–H and O–H groups in total. The maximum Gasteiger partial charge on any atom is 0.154 e. The fourth-order valence-corrected chi connectivity index (χ4v) is 4.93. The largest absolute Gasteiger partial charge is 0.456 e. The van der Waals surface area contributed by atoms with Gasteiger partial charge in [-0.05, 0) is 50.2 Å². The van der Waals surface area contributed by atoms with Crippen LogP contribution in [0.3, 0.4) is 0 Å². The van der Waals surface area contributed by atoms with E-state index in [0.29, 0.717) is 11.4 Å². The van der Waals surface area contributed by atoms with E-state index >= 15 is 0 Å². The summed E-state index contributed by atoms with van der Waals surface area (Å²) in [4.78, 5) is 6.97. The van der Waals surface area contributed by atoms with Crippen LogP contribution in [0.5, 0.6) is 0 Å². The van der Waals surface area contributed by atoms with Crippen molar-refractivity contribution < 1.29 is 8.83 Å². The molecular weight excluding hydrogens is 482 g/mol. The zero-order valence-corrected chi connectivity index (χ0v) is 22.2. The lowest BCUT2D eigenvalue weighted by Crippen LogP contribution is -2.44. The lowest BCUT2D eigenvalue weighted by atomic mass is 10.00. The minimum Gasteiger partial charge on any atom is -0.456 e. The molecule has 0 aliphatic carbocycles. The SMILES string of the molecule is C=C/C=C\C(C)(C)N(C)/C(=N\C(=N)c1ccc2c(c1)oc1ccccc12)c1ccc2c(c1)oc1ccccc12. The molecular formula is C34H29N3O2. The molecule has 0 unspecified atom stereocenters. The van der Waals surface area contributed by atoms with E-state index in [9.17, 15) is 0 Å². The van der Waals surface area contributed by atoms with Gasteiger partial charge in [0, 0.05) is 39.7 Å². The first-order valence-corrected chi connectivity index (χ1v) is 12.9. The zero-order chi connectivity index (χ0) is 27.1. The molecule has 0 saturated carbocycles. The number of nitrogens with zero attached hydrogens (tertiary/aromatic N) is 2. The van der Waals surface area contributed by atoms with Crippen LogP contribution in [0.2, 0.25) is 0 Å². The van der Waals surface area contributed by atoms with Gasteiger partial charge < -0.3 is 13.7 Å². The molecule has 0 spiro atoms. The molecule has 0 bridgehead atoms. The van der Waals surface area contributed by atoms with Gasteiger partial charge in [-0.1, -0.05) is 73.3 Å². The standard InChI is InChI=1S/C34H29N3O2/c1-5-6-19-34(2,3)37(4)33(23-16-18-27-25-12-8-10-14-29(25)39-31(27)21-23)36-32(35)22-15-17-26-24-11-7-9-13-28(24)38-30(26)20-22/h5-21,35H,1H2,2-4H3/b19-6-,35-32?,36-33-. The maximum absolute atomic E-state index is 8.99. The Bertz CT molecular complexity index is 1950. The van der Waals surface area contributed by atoms with Crippen molar-refractivity contribution in [3.8, 4) is 0 Å². The predicted molar refractivity (Wildman–Crippen MR) is 162 cm³/mol. The predicted octanol–water partition coefficient (Wildman–Crippen LogP) is 8.71. The van der Waals surface area contributed by atoms with E-state index in [1.165, 1.54) is 0 Å². The van der Waals surface area contributed by atoms with Crippen molar-refractivity contribution in [1.82, 2.24) is 4.90 Å². The summed E-state index contributed by atoms with van der Waals surface area (Å²) < 4.78 is 12.2. The Morgan fingerprint density at radius 1 is 0.769 bits per heavy atom. The van der Waals surface area contributed by atoms with Gasteiger partial charge in [0.05, 0.1) is 5.54 Å². The summed E-state index contributed by atoms with van der Waals surface area (Å²) in [6, 6.07) is 27.9. The van der Waals surface area contributed by atoms with Gasteiger partial charge in [0.25, 0.3) is 0 Å². The van der Waals surface area contributed by atoms with Crippen molar-refractivity contribution in [2.45, 2.75) is 19.4 Å². The smallest absolute Gasteiger partial charge is 0.154 e. The maximum atomic E-state index is 8.99. The molecule has 39 heavy (non-hydrogen) atoms. The number of nitrogens with one attached hydrogen (secondary N) is 1. The topological polar surface area (TPSA) is 65.7 Å². The van der Waals surface area contributed by atoms with Crippen molar-refractivity contribution >= 4 is 55.5 Å². The normalized spacial score (nSPS) is 12.7. The quantitative estimate of drug-likeness (QED) is 0.143. The van der Waals surface area contributed by atoms with Gasteiger partial charge in [-0.3, -0.25) is 5.41 Å². The van der Waals surface area contributed by atoms with Crippen LogP contribution in [0, 0.1) is 5.41 Å². The van der Waals surface area contributed by atoms with Crippen LogP contribution in [0.25, 0.3) is 43.9 Å². The summed E-state index contributed by atoms with van der Waals surface area (Å²) in [6.45, 7) is 8.03. The molecule has 4 aromatic carbocycles. The third-order valence-corrected chi connectivity index (χ3v) is 7.33. The van der Waals surface area contributed by atoms with E-state index < -0.39 is 5.54 Å². The molecule has 0 fully saturated rings. The third-order valence-electron chi connectivity index (χ3n) is 7.33. The second-order valence-corrected chi connectivity index (χ2v) is 10.2. The number of aliphatic imine (C=N–C) groups is 1. The highest BCUT2D eigenvalue weighted by Gasteiger charge is 2.26. The van der Waals surface area contributed by atoms with E-state index in [4.69, 9.17) is 19.2 Å². The monoisotopic (exact) mass is 511 g/mol. The van der Waals surface area contributed by atoms with E-state index in [-0.39, 0.29) is 5.84 Å². The first kappa shape index (κ1) is 24.4. The summed E-state index contributed by atoms with van der Waals surface area (Å²) in [6.07, 6.45) is 5.76. The minimum atomic E-state index is -0.404. The van der Waals surface area contributed by atoms with Gasteiger partial charge in [0.1, 0.15) is 28.2 Å². The van der Waals surface area contributed by atoms with Crippen LogP contribution in [-0.4, -0.2) is 29.2 Å². The Hall–Kier alpha value is -4.90. The summed E-state index contributed by atoms with van der Waals surface area (Å²) in [7, 11) is 1.99. The number of amidine groups is 2. The number of furan rings is 2. The van der Waals surface area contributed by atoms with Crippen LogP contribution >= 0.6 is 0 Å². The van der Waals surface area contributed by atoms with E-state index in [0.717, 1.165) is 49.4 Å². The molecule has 6 aromatic rings. The minimum absolute atomic E-state index is 0.146. The molecule has 0 saturated heterocycles. The molecule has 5 heteroatoms. The summed E-state index contributed by atoms with van der Waals surface area (Å²) >= 11 is 0. The number of allylic oxidation sites excluding steroid dienone is 2. The Morgan fingerprint density at radius 2 is 1.28 bits per heavy atom. The molecule has 192 valence electrons. The van der Waals surface area contributed by atoms with Gasteiger partial charge in [-0.2, -0.15) is 0 Å². The van der Waals surface area contributed by atoms with E-state index in [1.807, 2.05) is 85.9 Å². The lowest BCUT2D eigenvalue weighted by molar-refractivity contribution is 0.322. The van der Waals surface area contributed by atoms with Gasteiger partial charge in [-0.15, -0.1) is 0 Å². The molecule has 0 aliphatic rings. The molecule has 2 aromatic heterocycles. The van der Waals surface area contributed by atoms with Crippen molar-refractivity contribution in [3.05, 3.63) is 121 Å². The van der Waals surface area contributed by atoms with Crippen LogP contribution in [0.15, 0.2) is 124 Å². The highest BCUT2D eigenvalue weighted by molar-refractivity contribution is 6.14. The average molecular weight is 512 g/mol. The highest BCUT2D eigenvalue weighted by Crippen LogP contribution is 2.31. The molecule has 5 nitrogen and oxygen atoms in total. The number of hydrogen-bond donors (Lipinski definition) is 1. The Kier molecular flexibility index (Phi) is 5.92. The summed E-state index contributed by atoms with van der Waals surface area (Å²) in [5.41, 5.74) is 4.33. The highest BCUT2D eigenvalue weighted by atomic mass is 16.3. The van der Waals surface area contributed by atoms with E-state index in [2.05, 4.69) is 43.5 Å². The fraction of sp³-hybridized carbons (Fsp3) is 0.118. The third kappa shape index (κ3) is 4.32. The molecule has 0 atom stereocenters. The van der Waals surface area contributed by atoms with Crippen molar-refractivity contribution in [1.29, 1.82) is 5.41 Å². The lowest BCUT2D eigenvalue weighted by Gasteiger charge is -2.36. The number of rotatable bonds is 5. The van der Waals surface area contributed by atoms with Gasteiger partial charge in [-0.25, -0.2) is 4.99 Å². The number of fused-ring (bicyclic) bond motifs is 6. The van der Waals surface area contributed by atoms with Crippen molar-refractivity contribution in [2.75, 3.05) is 7.05 Å². The Morgan fingerprint density at radius 3 is 1.87 bits per heavy atom. The second-order valence-electron chi connectivity index (χ2n) is 10.2. The van der Waals surface area contributed by atoms with Gasteiger partial charge >= 0.3 is 0 Å². The molecule has 0 aliphatic heterocycles. The molecule has 0 amide bonds. The summed E-state index contributed by atoms with van der Waals surface area (Å²) in [5, 5.41) is 13.2. The first-order chi connectivity index (χ1) is 18.9. The Balaban J connectivity index is 1.47. The van der Waals surface area contributed by atoms with E-state index in [1.54, 1.807) is 6.08 Å². The van der Waals surface area contributed by atoms with Crippen molar-refractivity contribution in [3.63, 3.8) is 0 Å². The second kappa shape index (κ2) is 9.44. The summed E-state index contributed by atoms with van der Waals surface area (Å²) in [5.74, 6) is 0.804. The molecule has 2 heterocycles. The molecule has 6 rings (SSSR count). The van der Waals surface area contributed by atoms with Crippen LogP contribution in [0.4, 0.5) is 0 Å². The number of para-hydroxylation sites is 2. The van der Waals surface area contributed by atoms with Crippen LogP contribution < -0.4 is 0 Å². The first-order valence-electron chi connectivity index (χ1n) is 12.9. The van der Waals surface area contributed by atoms with Gasteiger partial charge in [0.15, 0.2) is 5.84 Å². The van der Waals surface area contributed by atoms with Crippen molar-refractivity contribution in [2.24, 2.45) is 4.99 Å². The number of hydrogen-bond acceptors (Lipinski definition) is 3. The fourth-order valence-electron chi connectivity index (χ4n) is 4.93.